The maximum atomic E-state index is 11.5. The quantitative estimate of drug-likeness (QED) is 0.757. The van der Waals surface area contributed by atoms with Gasteiger partial charge in [0.25, 0.3) is 5.91 Å². The Bertz CT molecular complexity index is 210. The maximum Gasteiger partial charge on any atom is 0.250 e. The smallest absolute Gasteiger partial charge is 0.250 e. The van der Waals surface area contributed by atoms with Crippen molar-refractivity contribution < 1.29 is 14.6 Å². The number of nitrogens with zero attached hydrogens (tertiary/aromatic N) is 1. The van der Waals surface area contributed by atoms with Gasteiger partial charge in [-0.15, -0.1) is 0 Å². The molecule has 1 rings (SSSR count). The molecule has 1 saturated carbocycles. The summed E-state index contributed by atoms with van der Waals surface area (Å²) in [6.45, 7) is 1.79. The Morgan fingerprint density at radius 1 is 1.33 bits per heavy atom. The minimum atomic E-state index is -0.375. The molecule has 88 valence electrons. The summed E-state index contributed by atoms with van der Waals surface area (Å²) in [5, 5.41) is 9.33. The van der Waals surface area contributed by atoms with Gasteiger partial charge in [0.15, 0.2) is 0 Å². The second-order valence-corrected chi connectivity index (χ2v) is 4.44. The zero-order valence-electron chi connectivity index (χ0n) is 9.77. The number of ether oxygens (including phenoxy) is 1. The average Bonchev–Trinajstić information content (AvgIpc) is 2.20. The molecule has 1 unspecified atom stereocenters. The van der Waals surface area contributed by atoms with Crippen molar-refractivity contribution in [3.63, 3.8) is 0 Å². The second kappa shape index (κ2) is 5.47. The van der Waals surface area contributed by atoms with Gasteiger partial charge < -0.3 is 14.7 Å². The lowest BCUT2D eigenvalue weighted by Crippen LogP contribution is -2.37. The van der Waals surface area contributed by atoms with E-state index in [2.05, 4.69) is 0 Å². The lowest BCUT2D eigenvalue weighted by Gasteiger charge is -2.28. The van der Waals surface area contributed by atoms with E-state index >= 15 is 0 Å². The fourth-order valence-electron chi connectivity index (χ4n) is 1.89. The van der Waals surface area contributed by atoms with Gasteiger partial charge in [-0.25, -0.2) is 0 Å². The van der Waals surface area contributed by atoms with Crippen LogP contribution in [-0.4, -0.2) is 48.3 Å². The van der Waals surface area contributed by atoms with Gasteiger partial charge >= 0.3 is 0 Å². The Morgan fingerprint density at radius 3 is 2.33 bits per heavy atom. The first-order chi connectivity index (χ1) is 7.00. The monoisotopic (exact) mass is 215 g/mol. The molecule has 0 aliphatic heterocycles. The van der Waals surface area contributed by atoms with E-state index in [-0.39, 0.29) is 24.2 Å². The number of carbonyl (C=O) groups is 1. The van der Waals surface area contributed by atoms with Crippen molar-refractivity contribution in [2.24, 2.45) is 0 Å². The minimum Gasteiger partial charge on any atom is -0.393 e. The van der Waals surface area contributed by atoms with E-state index in [9.17, 15) is 9.90 Å². The SMILES string of the molecule is CC(OC1CCC(O)CC1)C(=O)N(C)C. The number of aliphatic hydroxyl groups is 1. The van der Waals surface area contributed by atoms with Crippen molar-refractivity contribution in [2.45, 2.75) is 50.9 Å². The molecule has 1 atom stereocenters. The molecule has 4 heteroatoms. The lowest BCUT2D eigenvalue weighted by molar-refractivity contribution is -0.145. The second-order valence-electron chi connectivity index (χ2n) is 4.44. The summed E-state index contributed by atoms with van der Waals surface area (Å²) < 4.78 is 5.66. The fourth-order valence-corrected chi connectivity index (χ4v) is 1.89. The van der Waals surface area contributed by atoms with Crippen LogP contribution in [0, 0.1) is 0 Å². The van der Waals surface area contributed by atoms with Crippen molar-refractivity contribution >= 4 is 5.91 Å². The molecule has 0 spiro atoms. The van der Waals surface area contributed by atoms with Crippen LogP contribution in [0.4, 0.5) is 0 Å². The zero-order chi connectivity index (χ0) is 11.4. The third kappa shape index (κ3) is 3.80. The highest BCUT2D eigenvalue weighted by Gasteiger charge is 2.24. The number of hydrogen-bond acceptors (Lipinski definition) is 3. The third-order valence-electron chi connectivity index (χ3n) is 2.83. The van der Waals surface area contributed by atoms with E-state index in [1.807, 2.05) is 0 Å². The van der Waals surface area contributed by atoms with Crippen molar-refractivity contribution in [3.8, 4) is 0 Å². The van der Waals surface area contributed by atoms with Crippen LogP contribution >= 0.6 is 0 Å². The van der Waals surface area contributed by atoms with E-state index in [4.69, 9.17) is 4.74 Å². The molecule has 1 N–H and O–H groups in total. The van der Waals surface area contributed by atoms with Crippen LogP contribution in [0.25, 0.3) is 0 Å². The van der Waals surface area contributed by atoms with E-state index in [0.717, 1.165) is 25.7 Å². The third-order valence-corrected chi connectivity index (χ3v) is 2.83. The predicted molar refractivity (Wildman–Crippen MR) is 57.5 cm³/mol. The molecule has 0 bridgehead atoms. The Labute approximate surface area is 91.2 Å². The number of aliphatic hydroxyl groups excluding tert-OH is 1. The topological polar surface area (TPSA) is 49.8 Å². The zero-order valence-corrected chi connectivity index (χ0v) is 9.77. The van der Waals surface area contributed by atoms with Gasteiger partial charge in [0.2, 0.25) is 0 Å². The van der Waals surface area contributed by atoms with Crippen LogP contribution in [-0.2, 0) is 9.53 Å². The summed E-state index contributed by atoms with van der Waals surface area (Å²) >= 11 is 0. The van der Waals surface area contributed by atoms with E-state index in [1.54, 1.807) is 25.9 Å². The fraction of sp³-hybridized carbons (Fsp3) is 0.909. The van der Waals surface area contributed by atoms with Crippen LogP contribution in [0.1, 0.15) is 32.6 Å². The molecule has 0 saturated heterocycles. The normalized spacial score (nSPS) is 28.5. The predicted octanol–water partition coefficient (Wildman–Crippen LogP) is 0.783. The Hall–Kier alpha value is -0.610. The van der Waals surface area contributed by atoms with Gasteiger partial charge in [-0.2, -0.15) is 0 Å². The Balaban J connectivity index is 2.32. The highest BCUT2D eigenvalue weighted by Crippen LogP contribution is 2.22. The van der Waals surface area contributed by atoms with Crippen molar-refractivity contribution in [3.05, 3.63) is 0 Å². The molecule has 0 radical (unpaired) electrons. The summed E-state index contributed by atoms with van der Waals surface area (Å²) in [5.74, 6) is 0.00104. The molecule has 0 aromatic heterocycles. The number of amides is 1. The molecule has 0 aromatic rings. The largest absolute Gasteiger partial charge is 0.393 e. The minimum absolute atomic E-state index is 0.00104. The number of carbonyl (C=O) groups excluding carboxylic acids is 1. The summed E-state index contributed by atoms with van der Waals surface area (Å²) in [7, 11) is 3.46. The Kier molecular flexibility index (Phi) is 4.54. The maximum absolute atomic E-state index is 11.5. The van der Waals surface area contributed by atoms with Crippen LogP contribution in [0.15, 0.2) is 0 Å². The molecular formula is C11H21NO3. The van der Waals surface area contributed by atoms with Gasteiger partial charge in [-0.05, 0) is 32.6 Å². The standard InChI is InChI=1S/C11H21NO3/c1-8(11(14)12(2)3)15-10-6-4-9(13)5-7-10/h8-10,13H,4-7H2,1-3H3. The summed E-state index contributed by atoms with van der Waals surface area (Å²) in [6.07, 6.45) is 2.86. The van der Waals surface area contributed by atoms with Gasteiger partial charge in [-0.1, -0.05) is 0 Å². The molecule has 1 fully saturated rings. The molecule has 1 aliphatic carbocycles. The molecule has 1 amide bonds. The van der Waals surface area contributed by atoms with Crippen molar-refractivity contribution in [1.82, 2.24) is 4.90 Å². The van der Waals surface area contributed by atoms with Gasteiger partial charge in [0.05, 0.1) is 12.2 Å². The highest BCUT2D eigenvalue weighted by atomic mass is 16.5. The Morgan fingerprint density at radius 2 is 1.87 bits per heavy atom. The average molecular weight is 215 g/mol. The molecule has 15 heavy (non-hydrogen) atoms. The lowest BCUT2D eigenvalue weighted by atomic mass is 9.95. The van der Waals surface area contributed by atoms with Crippen molar-refractivity contribution in [1.29, 1.82) is 0 Å². The number of hydrogen-bond donors (Lipinski definition) is 1. The summed E-state index contributed by atoms with van der Waals surface area (Å²) in [6, 6.07) is 0. The first-order valence-corrected chi connectivity index (χ1v) is 5.55. The van der Waals surface area contributed by atoms with Crippen molar-refractivity contribution in [2.75, 3.05) is 14.1 Å². The van der Waals surface area contributed by atoms with Crippen LogP contribution in [0.5, 0.6) is 0 Å². The first kappa shape index (κ1) is 12.5. The molecule has 0 heterocycles. The summed E-state index contributed by atoms with van der Waals surface area (Å²) in [4.78, 5) is 13.1. The highest BCUT2D eigenvalue weighted by molar-refractivity contribution is 5.79. The van der Waals surface area contributed by atoms with Crippen LogP contribution < -0.4 is 0 Å². The summed E-state index contributed by atoms with van der Waals surface area (Å²) in [5.41, 5.74) is 0. The molecule has 1 aliphatic rings. The van der Waals surface area contributed by atoms with Gasteiger partial charge in [-0.3, -0.25) is 4.79 Å². The number of likely N-dealkylation sites (N-methyl/N-ethyl adjacent to an activating group) is 1. The van der Waals surface area contributed by atoms with E-state index < -0.39 is 0 Å². The van der Waals surface area contributed by atoms with E-state index in [1.165, 1.54) is 0 Å². The number of rotatable bonds is 3. The van der Waals surface area contributed by atoms with E-state index in [0.29, 0.717) is 0 Å². The van der Waals surface area contributed by atoms with Crippen LogP contribution in [0.3, 0.4) is 0 Å². The van der Waals surface area contributed by atoms with Gasteiger partial charge in [0.1, 0.15) is 6.10 Å². The molecule has 4 nitrogen and oxygen atoms in total. The van der Waals surface area contributed by atoms with Crippen LogP contribution in [0.2, 0.25) is 0 Å². The molecule has 0 aromatic carbocycles. The van der Waals surface area contributed by atoms with Gasteiger partial charge in [0, 0.05) is 14.1 Å². The first-order valence-electron chi connectivity index (χ1n) is 5.55. The molecular weight excluding hydrogens is 194 g/mol.